The predicted octanol–water partition coefficient (Wildman–Crippen LogP) is 4.96. The van der Waals surface area contributed by atoms with Crippen LogP contribution in [0.3, 0.4) is 0 Å². The van der Waals surface area contributed by atoms with Crippen LogP contribution in [-0.4, -0.2) is 0 Å². The Morgan fingerprint density at radius 3 is 2.75 bits per heavy atom. The van der Waals surface area contributed by atoms with Crippen LogP contribution < -0.4 is 5.63 Å². The number of hydrogen-bond acceptors (Lipinski definition) is 2. The second kappa shape index (κ2) is 6.01. The van der Waals surface area contributed by atoms with Gasteiger partial charge in [0.15, 0.2) is 0 Å². The van der Waals surface area contributed by atoms with E-state index in [0.29, 0.717) is 10.6 Å². The van der Waals surface area contributed by atoms with Gasteiger partial charge in [-0.15, -0.1) is 0 Å². The highest BCUT2D eigenvalue weighted by atomic mass is 35.5. The number of aryl methyl sites for hydroxylation is 1. The van der Waals surface area contributed by atoms with E-state index in [-0.39, 0.29) is 5.63 Å². The zero-order valence-electron chi connectivity index (χ0n) is 11.5. The first kappa shape index (κ1) is 13.7. The summed E-state index contributed by atoms with van der Waals surface area (Å²) in [5, 5.41) is 1.63. The lowest BCUT2D eigenvalue weighted by atomic mass is 9.85. The van der Waals surface area contributed by atoms with E-state index in [1.165, 1.54) is 38.2 Å². The van der Waals surface area contributed by atoms with Gasteiger partial charge in [-0.05, 0) is 42.5 Å². The van der Waals surface area contributed by atoms with Crippen LogP contribution in [0.2, 0.25) is 5.02 Å². The first-order valence-corrected chi connectivity index (χ1v) is 7.82. The van der Waals surface area contributed by atoms with E-state index in [2.05, 4.69) is 0 Å². The van der Waals surface area contributed by atoms with Gasteiger partial charge in [0.2, 0.25) is 0 Å². The maximum absolute atomic E-state index is 11.4. The minimum Gasteiger partial charge on any atom is -0.422 e. The molecule has 2 nitrogen and oxygen atoms in total. The highest BCUT2D eigenvalue weighted by Crippen LogP contribution is 2.30. The Bertz CT molecular complexity index is 654. The second-order valence-electron chi connectivity index (χ2n) is 5.78. The largest absolute Gasteiger partial charge is 0.422 e. The summed E-state index contributed by atoms with van der Waals surface area (Å²) in [5.74, 6) is 0.813. The number of hydrogen-bond donors (Lipinski definition) is 0. The van der Waals surface area contributed by atoms with Crippen molar-refractivity contribution in [1.82, 2.24) is 0 Å². The molecule has 1 saturated carbocycles. The molecule has 3 heteroatoms. The van der Waals surface area contributed by atoms with Gasteiger partial charge in [-0.2, -0.15) is 0 Å². The second-order valence-corrected chi connectivity index (χ2v) is 6.22. The average molecular weight is 291 g/mol. The lowest BCUT2D eigenvalue weighted by Crippen LogP contribution is -2.07. The Hall–Kier alpha value is -1.28. The first-order valence-electron chi connectivity index (χ1n) is 7.45. The van der Waals surface area contributed by atoms with Gasteiger partial charge in [-0.3, -0.25) is 0 Å². The third-order valence-electron chi connectivity index (χ3n) is 4.31. The van der Waals surface area contributed by atoms with Crippen molar-refractivity contribution in [1.29, 1.82) is 0 Å². The monoisotopic (exact) mass is 290 g/mol. The smallest absolute Gasteiger partial charge is 0.336 e. The minimum atomic E-state index is -0.293. The van der Waals surface area contributed by atoms with Crippen molar-refractivity contribution < 1.29 is 4.42 Å². The summed E-state index contributed by atoms with van der Waals surface area (Å²) < 4.78 is 5.37. The third kappa shape index (κ3) is 3.06. The molecule has 0 bridgehead atoms. The zero-order valence-corrected chi connectivity index (χ0v) is 12.3. The summed E-state index contributed by atoms with van der Waals surface area (Å²) >= 11 is 6.17. The van der Waals surface area contributed by atoms with Gasteiger partial charge >= 0.3 is 5.63 Å². The molecule has 1 aromatic heterocycles. The molecule has 0 spiro atoms. The molecule has 1 aliphatic carbocycles. The Balaban J connectivity index is 1.85. The van der Waals surface area contributed by atoms with Gasteiger partial charge in [0, 0.05) is 16.5 Å². The molecule has 3 rings (SSSR count). The van der Waals surface area contributed by atoms with Gasteiger partial charge in [0.05, 0.1) is 0 Å². The standard InChI is InChI=1S/C17H19ClO2/c18-15-10-13(7-6-12-4-2-1-3-5-12)17-14(11-15)8-9-16(19)20-17/h8-12H,1-7H2. The summed E-state index contributed by atoms with van der Waals surface area (Å²) in [4.78, 5) is 11.4. The molecule has 106 valence electrons. The Morgan fingerprint density at radius 2 is 1.95 bits per heavy atom. The predicted molar refractivity (Wildman–Crippen MR) is 82.4 cm³/mol. The average Bonchev–Trinajstić information content (AvgIpc) is 2.46. The molecule has 0 aliphatic heterocycles. The third-order valence-corrected chi connectivity index (χ3v) is 4.53. The summed E-state index contributed by atoms with van der Waals surface area (Å²) in [6.07, 6.45) is 8.87. The van der Waals surface area contributed by atoms with Crippen molar-refractivity contribution in [2.24, 2.45) is 5.92 Å². The van der Waals surface area contributed by atoms with E-state index in [1.54, 1.807) is 6.07 Å². The molecule has 0 N–H and O–H groups in total. The van der Waals surface area contributed by atoms with Crippen molar-refractivity contribution in [2.45, 2.75) is 44.9 Å². The van der Waals surface area contributed by atoms with Crippen molar-refractivity contribution >= 4 is 22.6 Å². The molecule has 1 aromatic carbocycles. The molecule has 0 saturated heterocycles. The first-order chi connectivity index (χ1) is 9.72. The number of halogens is 1. The number of benzene rings is 1. The molecule has 1 fully saturated rings. The Kier molecular flexibility index (Phi) is 4.11. The van der Waals surface area contributed by atoms with Crippen LogP contribution in [0, 0.1) is 5.92 Å². The fraction of sp³-hybridized carbons (Fsp3) is 0.471. The molecular formula is C17H19ClO2. The SMILES string of the molecule is O=c1ccc2cc(Cl)cc(CCC3CCCCC3)c2o1. The van der Waals surface area contributed by atoms with E-state index in [9.17, 15) is 4.79 Å². The fourth-order valence-corrected chi connectivity index (χ4v) is 3.48. The number of rotatable bonds is 3. The summed E-state index contributed by atoms with van der Waals surface area (Å²) in [6.45, 7) is 0. The van der Waals surface area contributed by atoms with Crippen molar-refractivity contribution in [2.75, 3.05) is 0 Å². The number of fused-ring (bicyclic) bond motifs is 1. The highest BCUT2D eigenvalue weighted by Gasteiger charge is 2.15. The van der Waals surface area contributed by atoms with E-state index in [1.807, 2.05) is 12.1 Å². The van der Waals surface area contributed by atoms with E-state index >= 15 is 0 Å². The molecule has 1 aliphatic rings. The summed E-state index contributed by atoms with van der Waals surface area (Å²) in [6, 6.07) is 7.03. The zero-order chi connectivity index (χ0) is 13.9. The molecule has 0 amide bonds. The molecule has 0 atom stereocenters. The lowest BCUT2D eigenvalue weighted by Gasteiger charge is -2.21. The molecule has 0 unspecified atom stereocenters. The van der Waals surface area contributed by atoms with Crippen LogP contribution >= 0.6 is 11.6 Å². The van der Waals surface area contributed by atoms with Gasteiger partial charge in [-0.25, -0.2) is 4.79 Å². The molecular weight excluding hydrogens is 272 g/mol. The molecule has 2 aromatic rings. The summed E-state index contributed by atoms with van der Waals surface area (Å²) in [7, 11) is 0. The van der Waals surface area contributed by atoms with E-state index < -0.39 is 0 Å². The highest BCUT2D eigenvalue weighted by molar-refractivity contribution is 6.31. The summed E-state index contributed by atoms with van der Waals surface area (Å²) in [5.41, 5.74) is 1.48. The quantitative estimate of drug-likeness (QED) is 0.748. The van der Waals surface area contributed by atoms with Crippen LogP contribution in [0.5, 0.6) is 0 Å². The van der Waals surface area contributed by atoms with Crippen LogP contribution in [0.1, 0.15) is 44.1 Å². The van der Waals surface area contributed by atoms with Crippen molar-refractivity contribution in [3.05, 3.63) is 45.3 Å². The molecule has 0 radical (unpaired) electrons. The minimum absolute atomic E-state index is 0.293. The van der Waals surface area contributed by atoms with Gasteiger partial charge in [-0.1, -0.05) is 43.7 Å². The van der Waals surface area contributed by atoms with Crippen LogP contribution in [0.4, 0.5) is 0 Å². The maximum atomic E-state index is 11.4. The van der Waals surface area contributed by atoms with Gasteiger partial charge in [0.25, 0.3) is 0 Å². The topological polar surface area (TPSA) is 30.2 Å². The molecule has 1 heterocycles. The Morgan fingerprint density at radius 1 is 1.15 bits per heavy atom. The maximum Gasteiger partial charge on any atom is 0.336 e. The van der Waals surface area contributed by atoms with Crippen LogP contribution in [-0.2, 0) is 6.42 Å². The fourth-order valence-electron chi connectivity index (χ4n) is 3.24. The van der Waals surface area contributed by atoms with Crippen LogP contribution in [0.25, 0.3) is 11.0 Å². The Labute approximate surface area is 123 Å². The lowest BCUT2D eigenvalue weighted by molar-refractivity contribution is 0.339. The normalized spacial score (nSPS) is 16.6. The van der Waals surface area contributed by atoms with E-state index in [0.717, 1.165) is 29.7 Å². The van der Waals surface area contributed by atoms with Gasteiger partial charge in [0.1, 0.15) is 5.58 Å². The molecule has 20 heavy (non-hydrogen) atoms. The van der Waals surface area contributed by atoms with E-state index in [4.69, 9.17) is 16.0 Å². The van der Waals surface area contributed by atoms with Crippen LogP contribution in [0.15, 0.2) is 33.5 Å². The van der Waals surface area contributed by atoms with Crippen molar-refractivity contribution in [3.63, 3.8) is 0 Å². The van der Waals surface area contributed by atoms with Crippen molar-refractivity contribution in [3.8, 4) is 0 Å². The van der Waals surface area contributed by atoms with Gasteiger partial charge < -0.3 is 4.42 Å².